The quantitative estimate of drug-likeness (QED) is 0.662. The number of H-pyrrole nitrogens is 1. The molecule has 0 atom stereocenters. The van der Waals surface area contributed by atoms with Crippen LogP contribution < -0.4 is 5.32 Å². The number of amides is 1. The molecule has 0 aliphatic heterocycles. The summed E-state index contributed by atoms with van der Waals surface area (Å²) in [5, 5.41) is 15.5. The summed E-state index contributed by atoms with van der Waals surface area (Å²) in [5.41, 5.74) is 2.22. The second kappa shape index (κ2) is 6.33. The number of carboxylic acids is 1. The average Bonchev–Trinajstić information content (AvgIpc) is 3.12. The molecule has 0 saturated carbocycles. The van der Waals surface area contributed by atoms with Gasteiger partial charge in [0.1, 0.15) is 0 Å². The summed E-state index contributed by atoms with van der Waals surface area (Å²) in [6.45, 7) is 6.27. The van der Waals surface area contributed by atoms with Gasteiger partial charge in [0.25, 0.3) is 0 Å². The maximum atomic E-state index is 12.2. The maximum absolute atomic E-state index is 12.2. The number of nitrogens with zero attached hydrogens (tertiary/aromatic N) is 1. The zero-order valence-corrected chi connectivity index (χ0v) is 15.0. The van der Waals surface area contributed by atoms with E-state index >= 15 is 0 Å². The number of fused-ring (bicyclic) bond motifs is 1. The Morgan fingerprint density at radius 2 is 2.08 bits per heavy atom. The minimum Gasteiger partial charge on any atom is -0.478 e. The number of hydrogen-bond donors (Lipinski definition) is 3. The number of carbonyl (C=O) groups is 2. The van der Waals surface area contributed by atoms with E-state index < -0.39 is 5.97 Å². The lowest BCUT2D eigenvalue weighted by Crippen LogP contribution is -2.15. The molecule has 3 N–H and O–H groups in total. The van der Waals surface area contributed by atoms with Gasteiger partial charge in [0.15, 0.2) is 0 Å². The van der Waals surface area contributed by atoms with Crippen molar-refractivity contribution in [3.05, 3.63) is 46.0 Å². The van der Waals surface area contributed by atoms with E-state index in [2.05, 4.69) is 36.1 Å². The third kappa shape index (κ3) is 3.71. The van der Waals surface area contributed by atoms with Gasteiger partial charge in [-0.3, -0.25) is 4.79 Å². The molecule has 7 heteroatoms. The van der Waals surface area contributed by atoms with Gasteiger partial charge in [0.2, 0.25) is 5.91 Å². The average molecular weight is 357 g/mol. The number of rotatable bonds is 4. The molecule has 1 amide bonds. The van der Waals surface area contributed by atoms with Crippen LogP contribution >= 0.6 is 11.3 Å². The summed E-state index contributed by atoms with van der Waals surface area (Å²) in [6.07, 6.45) is 1.65. The van der Waals surface area contributed by atoms with E-state index in [0.29, 0.717) is 16.6 Å². The summed E-state index contributed by atoms with van der Waals surface area (Å²) in [5.74, 6) is -1.14. The third-order valence-corrected chi connectivity index (χ3v) is 5.05. The molecular formula is C18H19N3O3S. The third-order valence-electron chi connectivity index (χ3n) is 3.73. The van der Waals surface area contributed by atoms with E-state index in [4.69, 9.17) is 5.11 Å². The minimum absolute atomic E-state index is 0.0279. The number of carboxylic acid groups (broad SMARTS) is 1. The zero-order chi connectivity index (χ0) is 18.2. The number of aromatic amines is 1. The second-order valence-electron chi connectivity index (χ2n) is 6.89. The lowest BCUT2D eigenvalue weighted by atomic mass is 9.98. The first-order chi connectivity index (χ1) is 11.7. The highest BCUT2D eigenvalue weighted by Gasteiger charge is 2.19. The molecule has 2 heterocycles. The lowest BCUT2D eigenvalue weighted by molar-refractivity contribution is -0.115. The number of nitrogens with one attached hydrogen (secondary N) is 2. The van der Waals surface area contributed by atoms with Gasteiger partial charge in [-0.1, -0.05) is 20.8 Å². The molecule has 3 rings (SSSR count). The molecule has 0 aliphatic rings. The highest BCUT2D eigenvalue weighted by atomic mass is 32.1. The van der Waals surface area contributed by atoms with E-state index in [9.17, 15) is 9.59 Å². The van der Waals surface area contributed by atoms with E-state index in [1.807, 2.05) is 5.38 Å². The molecule has 0 aliphatic carbocycles. The Morgan fingerprint density at radius 1 is 1.32 bits per heavy atom. The van der Waals surface area contributed by atoms with Crippen LogP contribution in [0.4, 0.5) is 5.69 Å². The topological polar surface area (TPSA) is 95.1 Å². The van der Waals surface area contributed by atoms with Gasteiger partial charge < -0.3 is 15.4 Å². The number of carbonyl (C=O) groups excluding carboxylic acids is 1. The molecule has 2 aromatic heterocycles. The van der Waals surface area contributed by atoms with Crippen LogP contribution in [0.3, 0.4) is 0 Å². The monoisotopic (exact) mass is 357 g/mol. The standard InChI is InChI=1S/C18H19N3O3S/c1-18(2,3)17-21-11(9-25-17)7-15(22)20-10-4-5-12-13(16(23)24)8-19-14(12)6-10/h4-6,8-9,19H,7H2,1-3H3,(H,20,22)(H,23,24). The second-order valence-corrected chi connectivity index (χ2v) is 7.74. The fourth-order valence-electron chi connectivity index (χ4n) is 2.48. The fourth-order valence-corrected chi connectivity index (χ4v) is 3.39. The molecule has 0 saturated heterocycles. The Bertz CT molecular complexity index is 950. The van der Waals surface area contributed by atoms with E-state index in [0.717, 1.165) is 10.7 Å². The Morgan fingerprint density at radius 3 is 2.72 bits per heavy atom. The Kier molecular flexibility index (Phi) is 4.34. The molecule has 6 nitrogen and oxygen atoms in total. The largest absolute Gasteiger partial charge is 0.478 e. The molecule has 0 fully saturated rings. The van der Waals surface area contributed by atoms with Crippen molar-refractivity contribution in [2.75, 3.05) is 5.32 Å². The molecule has 25 heavy (non-hydrogen) atoms. The smallest absolute Gasteiger partial charge is 0.337 e. The molecule has 130 valence electrons. The SMILES string of the molecule is CC(C)(C)c1nc(CC(=O)Nc2ccc3c(C(=O)O)c[nH]c3c2)cs1. The first-order valence-corrected chi connectivity index (χ1v) is 8.71. The Labute approximate surface area is 148 Å². The van der Waals surface area contributed by atoms with Crippen LogP contribution in [0.1, 0.15) is 41.8 Å². The van der Waals surface area contributed by atoms with Gasteiger partial charge in [0.05, 0.1) is 22.7 Å². The first-order valence-electron chi connectivity index (χ1n) is 7.83. The number of thiazole rings is 1. The molecule has 0 unspecified atom stereocenters. The van der Waals surface area contributed by atoms with Crippen molar-refractivity contribution < 1.29 is 14.7 Å². The number of aromatic nitrogens is 2. The molecule has 3 aromatic rings. The van der Waals surface area contributed by atoms with Crippen molar-refractivity contribution in [1.82, 2.24) is 9.97 Å². The summed E-state index contributed by atoms with van der Waals surface area (Å²) in [6, 6.07) is 5.11. The van der Waals surface area contributed by atoms with Crippen LogP contribution in [0.5, 0.6) is 0 Å². The van der Waals surface area contributed by atoms with Crippen molar-refractivity contribution in [3.63, 3.8) is 0 Å². The van der Waals surface area contributed by atoms with Crippen LogP contribution in [0.2, 0.25) is 0 Å². The van der Waals surface area contributed by atoms with Crippen molar-refractivity contribution in [2.45, 2.75) is 32.6 Å². The molecule has 0 bridgehead atoms. The van der Waals surface area contributed by atoms with Crippen LogP contribution in [0.15, 0.2) is 29.8 Å². The van der Waals surface area contributed by atoms with E-state index in [-0.39, 0.29) is 23.3 Å². The van der Waals surface area contributed by atoms with Gasteiger partial charge in [-0.2, -0.15) is 0 Å². The highest BCUT2D eigenvalue weighted by Crippen LogP contribution is 2.26. The van der Waals surface area contributed by atoms with E-state index in [1.165, 1.54) is 6.20 Å². The molecule has 0 spiro atoms. The van der Waals surface area contributed by atoms with Gasteiger partial charge in [0, 0.05) is 33.6 Å². The summed E-state index contributed by atoms with van der Waals surface area (Å²) in [4.78, 5) is 30.8. The summed E-state index contributed by atoms with van der Waals surface area (Å²) >= 11 is 1.56. The normalized spacial score (nSPS) is 11.6. The molecule has 0 radical (unpaired) electrons. The van der Waals surface area contributed by atoms with Crippen molar-refractivity contribution in [2.24, 2.45) is 0 Å². The van der Waals surface area contributed by atoms with Gasteiger partial charge in [-0.05, 0) is 18.2 Å². The van der Waals surface area contributed by atoms with Gasteiger partial charge >= 0.3 is 5.97 Å². The minimum atomic E-state index is -0.985. The zero-order valence-electron chi connectivity index (χ0n) is 14.2. The molecular weight excluding hydrogens is 338 g/mol. The van der Waals surface area contributed by atoms with Crippen LogP contribution in [0.25, 0.3) is 10.9 Å². The molecule has 1 aromatic carbocycles. The predicted molar refractivity (Wildman–Crippen MR) is 98.4 cm³/mol. The maximum Gasteiger partial charge on any atom is 0.337 e. The van der Waals surface area contributed by atoms with Gasteiger partial charge in [-0.15, -0.1) is 11.3 Å². The van der Waals surface area contributed by atoms with Crippen LogP contribution in [-0.4, -0.2) is 27.0 Å². The van der Waals surface area contributed by atoms with Crippen molar-refractivity contribution in [1.29, 1.82) is 0 Å². The van der Waals surface area contributed by atoms with Crippen LogP contribution in [-0.2, 0) is 16.6 Å². The number of hydrogen-bond acceptors (Lipinski definition) is 4. The fraction of sp³-hybridized carbons (Fsp3) is 0.278. The van der Waals surface area contributed by atoms with Crippen molar-refractivity contribution in [3.8, 4) is 0 Å². The lowest BCUT2D eigenvalue weighted by Gasteiger charge is -2.13. The number of benzene rings is 1. The highest BCUT2D eigenvalue weighted by molar-refractivity contribution is 7.09. The summed E-state index contributed by atoms with van der Waals surface area (Å²) < 4.78 is 0. The number of anilines is 1. The summed E-state index contributed by atoms with van der Waals surface area (Å²) in [7, 11) is 0. The first kappa shape index (κ1) is 17.2. The number of aromatic carboxylic acids is 1. The van der Waals surface area contributed by atoms with Gasteiger partial charge in [-0.25, -0.2) is 9.78 Å². The predicted octanol–water partition coefficient (Wildman–Crippen LogP) is 3.80. The Balaban J connectivity index is 1.71. The van der Waals surface area contributed by atoms with Crippen LogP contribution in [0, 0.1) is 0 Å². The van der Waals surface area contributed by atoms with Crippen molar-refractivity contribution >= 4 is 39.8 Å². The Hall–Kier alpha value is -2.67. The van der Waals surface area contributed by atoms with E-state index in [1.54, 1.807) is 29.5 Å².